The molecule has 0 radical (unpaired) electrons. The van der Waals surface area contributed by atoms with Crippen molar-refractivity contribution in [2.75, 3.05) is 0 Å². The maximum atomic E-state index is 11.6. The van der Waals surface area contributed by atoms with Gasteiger partial charge in [0.1, 0.15) is 5.60 Å². The Morgan fingerprint density at radius 3 is 2.50 bits per heavy atom. The summed E-state index contributed by atoms with van der Waals surface area (Å²) >= 11 is 0. The zero-order chi connectivity index (χ0) is 10.9. The van der Waals surface area contributed by atoms with Gasteiger partial charge in [0.2, 0.25) is 0 Å². The van der Waals surface area contributed by atoms with Gasteiger partial charge in [0, 0.05) is 11.5 Å². The SMILES string of the molecule is C=CC1/C(=C\C(C)C)C(=O)OC1(C)C. The van der Waals surface area contributed by atoms with Gasteiger partial charge in [-0.3, -0.25) is 0 Å². The Labute approximate surface area is 85.6 Å². The Kier molecular flexibility index (Phi) is 2.84. The van der Waals surface area contributed by atoms with Crippen LogP contribution in [0.5, 0.6) is 0 Å². The topological polar surface area (TPSA) is 26.3 Å². The van der Waals surface area contributed by atoms with Crippen molar-refractivity contribution < 1.29 is 9.53 Å². The summed E-state index contributed by atoms with van der Waals surface area (Å²) in [6.45, 7) is 11.7. The quantitative estimate of drug-likeness (QED) is 0.384. The zero-order valence-corrected chi connectivity index (χ0v) is 9.33. The van der Waals surface area contributed by atoms with Crippen LogP contribution >= 0.6 is 0 Å². The molecule has 1 aliphatic heterocycles. The second-order valence-electron chi connectivity index (χ2n) is 4.57. The number of cyclic esters (lactones) is 1. The second kappa shape index (κ2) is 3.60. The zero-order valence-electron chi connectivity index (χ0n) is 9.33. The van der Waals surface area contributed by atoms with E-state index >= 15 is 0 Å². The van der Waals surface area contributed by atoms with Crippen LogP contribution in [-0.2, 0) is 9.53 Å². The first-order chi connectivity index (χ1) is 6.38. The number of rotatable bonds is 2. The third-order valence-corrected chi connectivity index (χ3v) is 2.42. The maximum absolute atomic E-state index is 11.6. The highest BCUT2D eigenvalue weighted by molar-refractivity contribution is 5.92. The van der Waals surface area contributed by atoms with Gasteiger partial charge in [0.05, 0.1) is 0 Å². The number of allylic oxidation sites excluding steroid dienone is 1. The summed E-state index contributed by atoms with van der Waals surface area (Å²) in [5.74, 6) is 0.167. The van der Waals surface area contributed by atoms with E-state index in [0.29, 0.717) is 5.92 Å². The van der Waals surface area contributed by atoms with Crippen LogP contribution in [0.1, 0.15) is 27.7 Å². The molecule has 1 atom stereocenters. The number of carbonyl (C=O) groups excluding carboxylic acids is 1. The third kappa shape index (κ3) is 1.89. The Hall–Kier alpha value is -1.05. The molecule has 78 valence electrons. The largest absolute Gasteiger partial charge is 0.455 e. The Morgan fingerprint density at radius 2 is 2.07 bits per heavy atom. The molecule has 1 aliphatic rings. The third-order valence-electron chi connectivity index (χ3n) is 2.42. The van der Waals surface area contributed by atoms with E-state index in [1.54, 1.807) is 6.08 Å². The molecular formula is C12H18O2. The second-order valence-corrected chi connectivity index (χ2v) is 4.57. The van der Waals surface area contributed by atoms with Crippen molar-refractivity contribution in [1.29, 1.82) is 0 Å². The van der Waals surface area contributed by atoms with Gasteiger partial charge in [-0.05, 0) is 19.8 Å². The van der Waals surface area contributed by atoms with Crippen molar-refractivity contribution in [2.24, 2.45) is 11.8 Å². The lowest BCUT2D eigenvalue weighted by Crippen LogP contribution is -2.26. The van der Waals surface area contributed by atoms with E-state index in [0.717, 1.165) is 5.57 Å². The molecular weight excluding hydrogens is 176 g/mol. The molecule has 14 heavy (non-hydrogen) atoms. The highest BCUT2D eigenvalue weighted by Gasteiger charge is 2.43. The Balaban J connectivity index is 3.06. The fourth-order valence-corrected chi connectivity index (χ4v) is 1.80. The number of hydrogen-bond acceptors (Lipinski definition) is 2. The number of hydrogen-bond donors (Lipinski definition) is 0. The average Bonchev–Trinajstić information content (AvgIpc) is 2.20. The summed E-state index contributed by atoms with van der Waals surface area (Å²) in [6.07, 6.45) is 3.75. The van der Waals surface area contributed by atoms with Gasteiger partial charge in [-0.1, -0.05) is 26.0 Å². The van der Waals surface area contributed by atoms with Crippen molar-refractivity contribution in [3.05, 3.63) is 24.3 Å². The van der Waals surface area contributed by atoms with Crippen molar-refractivity contribution in [3.63, 3.8) is 0 Å². The summed E-state index contributed by atoms with van der Waals surface area (Å²) < 4.78 is 5.29. The molecule has 1 saturated heterocycles. The van der Waals surface area contributed by atoms with Crippen molar-refractivity contribution in [1.82, 2.24) is 0 Å². The molecule has 0 aliphatic carbocycles. The van der Waals surface area contributed by atoms with E-state index in [1.807, 2.05) is 33.8 Å². The fraction of sp³-hybridized carbons (Fsp3) is 0.583. The minimum Gasteiger partial charge on any atom is -0.455 e. The molecule has 1 heterocycles. The van der Waals surface area contributed by atoms with Gasteiger partial charge < -0.3 is 4.74 Å². The van der Waals surface area contributed by atoms with Crippen LogP contribution in [0.2, 0.25) is 0 Å². The maximum Gasteiger partial charge on any atom is 0.335 e. The molecule has 0 N–H and O–H groups in total. The summed E-state index contributed by atoms with van der Waals surface area (Å²) in [6, 6.07) is 0. The molecule has 0 amide bonds. The lowest BCUT2D eigenvalue weighted by atomic mass is 9.86. The van der Waals surface area contributed by atoms with Crippen LogP contribution in [0.3, 0.4) is 0 Å². The van der Waals surface area contributed by atoms with Gasteiger partial charge in [-0.15, -0.1) is 6.58 Å². The molecule has 1 unspecified atom stereocenters. The van der Waals surface area contributed by atoms with Crippen molar-refractivity contribution >= 4 is 5.97 Å². The lowest BCUT2D eigenvalue weighted by molar-refractivity contribution is -0.144. The number of ether oxygens (including phenoxy) is 1. The van der Waals surface area contributed by atoms with Crippen LogP contribution in [0.4, 0.5) is 0 Å². The van der Waals surface area contributed by atoms with Gasteiger partial charge in [-0.25, -0.2) is 4.79 Å². The summed E-state index contributed by atoms with van der Waals surface area (Å²) in [5.41, 5.74) is 0.305. The smallest absolute Gasteiger partial charge is 0.335 e. The standard InChI is InChI=1S/C12H18O2/c1-6-10-9(7-8(2)3)11(13)14-12(10,4)5/h6-8,10H,1H2,2-5H3/b9-7+. The van der Waals surface area contributed by atoms with Crippen LogP contribution < -0.4 is 0 Å². The van der Waals surface area contributed by atoms with Crippen LogP contribution in [0, 0.1) is 11.8 Å². The van der Waals surface area contributed by atoms with Gasteiger partial charge in [-0.2, -0.15) is 0 Å². The molecule has 0 aromatic heterocycles. The van der Waals surface area contributed by atoms with E-state index in [-0.39, 0.29) is 11.9 Å². The molecule has 2 heteroatoms. The Bertz CT molecular complexity index is 285. The minimum atomic E-state index is -0.445. The predicted molar refractivity (Wildman–Crippen MR) is 56.8 cm³/mol. The van der Waals surface area contributed by atoms with Gasteiger partial charge in [0.25, 0.3) is 0 Å². The summed E-state index contributed by atoms with van der Waals surface area (Å²) in [4.78, 5) is 11.6. The first-order valence-electron chi connectivity index (χ1n) is 4.96. The highest BCUT2D eigenvalue weighted by Crippen LogP contribution is 2.37. The number of carbonyl (C=O) groups is 1. The molecule has 0 saturated carbocycles. The molecule has 1 fully saturated rings. The summed E-state index contributed by atoms with van der Waals surface area (Å²) in [7, 11) is 0. The van der Waals surface area contributed by atoms with Crippen LogP contribution in [0.15, 0.2) is 24.3 Å². The molecule has 0 spiro atoms. The molecule has 2 nitrogen and oxygen atoms in total. The van der Waals surface area contributed by atoms with Crippen LogP contribution in [-0.4, -0.2) is 11.6 Å². The van der Waals surface area contributed by atoms with E-state index < -0.39 is 5.60 Å². The molecule has 1 rings (SSSR count). The first-order valence-corrected chi connectivity index (χ1v) is 4.96. The number of esters is 1. The van der Waals surface area contributed by atoms with Gasteiger partial charge in [0.15, 0.2) is 0 Å². The van der Waals surface area contributed by atoms with E-state index in [4.69, 9.17) is 4.74 Å². The van der Waals surface area contributed by atoms with E-state index in [1.165, 1.54) is 0 Å². The monoisotopic (exact) mass is 194 g/mol. The van der Waals surface area contributed by atoms with Gasteiger partial charge >= 0.3 is 5.97 Å². The molecule has 0 bridgehead atoms. The molecule has 0 aromatic rings. The van der Waals surface area contributed by atoms with Crippen molar-refractivity contribution in [2.45, 2.75) is 33.3 Å². The highest BCUT2D eigenvalue weighted by atomic mass is 16.6. The van der Waals surface area contributed by atoms with E-state index in [9.17, 15) is 4.79 Å². The van der Waals surface area contributed by atoms with E-state index in [2.05, 4.69) is 6.58 Å². The molecule has 0 aromatic carbocycles. The van der Waals surface area contributed by atoms with Crippen LogP contribution in [0.25, 0.3) is 0 Å². The van der Waals surface area contributed by atoms with Crippen molar-refractivity contribution in [3.8, 4) is 0 Å². The normalized spacial score (nSPS) is 28.2. The average molecular weight is 194 g/mol. The Morgan fingerprint density at radius 1 is 1.50 bits per heavy atom. The first kappa shape index (κ1) is 11.0. The predicted octanol–water partition coefficient (Wildman–Crippen LogP) is 2.71. The lowest BCUT2D eigenvalue weighted by Gasteiger charge is -2.21. The fourth-order valence-electron chi connectivity index (χ4n) is 1.80. The minimum absolute atomic E-state index is 0.0115. The summed E-state index contributed by atoms with van der Waals surface area (Å²) in [5, 5.41) is 0.